The maximum absolute atomic E-state index is 11.9. The van der Waals surface area contributed by atoms with Crippen molar-refractivity contribution in [2.24, 2.45) is 45.8 Å². The van der Waals surface area contributed by atoms with E-state index >= 15 is 0 Å². The number of hydrogen-bond donors (Lipinski definition) is 2. The fourth-order valence-electron chi connectivity index (χ4n) is 8.69. The van der Waals surface area contributed by atoms with Crippen LogP contribution in [-0.4, -0.2) is 34.6 Å². The van der Waals surface area contributed by atoms with Crippen LogP contribution in [0.4, 0.5) is 0 Å². The zero-order valence-electron chi connectivity index (χ0n) is 20.0. The topological polar surface area (TPSA) is 49.7 Å². The number of ether oxygens (including phenoxy) is 1. The largest absolute Gasteiger partial charge is 0.389 e. The summed E-state index contributed by atoms with van der Waals surface area (Å²) < 4.78 is 5.90. The molecule has 2 bridgehead atoms. The predicted molar refractivity (Wildman–Crippen MR) is 113 cm³/mol. The van der Waals surface area contributed by atoms with E-state index in [1.54, 1.807) is 0 Å². The van der Waals surface area contributed by atoms with Crippen molar-refractivity contribution >= 4 is 0 Å². The molecule has 3 nitrogen and oxygen atoms in total. The van der Waals surface area contributed by atoms with Crippen molar-refractivity contribution in [2.45, 2.75) is 93.0 Å². The second kappa shape index (κ2) is 7.28. The number of hydrogen-bond acceptors (Lipinski definition) is 3. The summed E-state index contributed by atoms with van der Waals surface area (Å²) >= 11 is 0. The Bertz CT molecular complexity index is 717. The Morgan fingerprint density at radius 1 is 1.00 bits per heavy atom. The third-order valence-corrected chi connectivity index (χ3v) is 11.2. The van der Waals surface area contributed by atoms with E-state index in [0.717, 1.165) is 12.8 Å². The van der Waals surface area contributed by atoms with Gasteiger partial charge in [0.25, 0.3) is 0 Å². The molecule has 0 aromatic rings. The van der Waals surface area contributed by atoms with Crippen LogP contribution in [0.1, 0.15) is 75.2 Å². The maximum Gasteiger partial charge on any atom is 0.118 e. The van der Waals surface area contributed by atoms with E-state index in [9.17, 15) is 10.2 Å². The molecule has 29 heavy (non-hydrogen) atoms. The van der Waals surface area contributed by atoms with Gasteiger partial charge in [0.1, 0.15) is 5.60 Å². The third-order valence-electron chi connectivity index (χ3n) is 11.2. The minimum absolute atomic E-state index is 0. The van der Waals surface area contributed by atoms with Gasteiger partial charge in [-0.2, -0.15) is 0 Å². The first-order valence-corrected chi connectivity index (χ1v) is 11.5. The molecule has 0 amide bonds. The molecule has 0 aromatic heterocycles. The van der Waals surface area contributed by atoms with Gasteiger partial charge in [-0.3, -0.25) is 0 Å². The van der Waals surface area contributed by atoms with Crippen molar-refractivity contribution in [3.63, 3.8) is 0 Å². The molecular formula is C25H42AcO3. The molecule has 3 fully saturated rings. The summed E-state index contributed by atoms with van der Waals surface area (Å²) in [5.74, 6) is 1.78. The monoisotopic (exact) mass is 617 g/mol. The summed E-state index contributed by atoms with van der Waals surface area (Å²) in [7, 11) is 0. The van der Waals surface area contributed by atoms with Crippen LogP contribution < -0.4 is 0 Å². The van der Waals surface area contributed by atoms with Gasteiger partial charge in [-0.25, -0.2) is 0 Å². The van der Waals surface area contributed by atoms with Crippen LogP contribution in [0.15, 0.2) is 11.1 Å². The Labute approximate surface area is 214 Å². The van der Waals surface area contributed by atoms with Crippen molar-refractivity contribution in [1.29, 1.82) is 0 Å². The standard InChI is InChI=1S/C25H42O3.Ac/c1-13-10-19-25(27,12-28-19)21-17(5)23(8)11-18(26)15(3)20(22(23,6)7)14(2)16(4)24(13,21)9;/h13-14,16-19,21,26-27H,10-12H2,1-9H3;/t13?,14?,16?,17?,18?,19?,21?,23?,24-,25?;/m0./s1. The maximum atomic E-state index is 11.9. The minimum atomic E-state index is -0.730. The van der Waals surface area contributed by atoms with Gasteiger partial charge in [0.2, 0.25) is 0 Å². The first kappa shape index (κ1) is 24.7. The summed E-state index contributed by atoms with van der Waals surface area (Å²) in [6.07, 6.45) is 1.33. The third kappa shape index (κ3) is 2.81. The molecule has 0 aromatic carbocycles. The second-order valence-corrected chi connectivity index (χ2v) is 12.0. The number of fused-ring (bicyclic) bond motifs is 5. The van der Waals surface area contributed by atoms with Gasteiger partial charge in [0.05, 0.1) is 18.8 Å². The van der Waals surface area contributed by atoms with Crippen LogP contribution in [0.3, 0.4) is 0 Å². The molecular weight excluding hydrogens is 575 g/mol. The Hall–Kier alpha value is 1.06. The number of allylic oxidation sites excluding steroid dienone is 1. The molecule has 3 aliphatic carbocycles. The van der Waals surface area contributed by atoms with Crippen molar-refractivity contribution in [2.75, 3.05) is 6.61 Å². The number of aliphatic hydroxyl groups excluding tert-OH is 1. The smallest absolute Gasteiger partial charge is 0.118 e. The van der Waals surface area contributed by atoms with E-state index in [1.807, 2.05) is 0 Å². The molecule has 10 atom stereocenters. The van der Waals surface area contributed by atoms with Crippen molar-refractivity contribution in [1.82, 2.24) is 0 Å². The average Bonchev–Trinajstić information content (AvgIpc) is 2.60. The fourth-order valence-corrected chi connectivity index (χ4v) is 8.69. The van der Waals surface area contributed by atoms with E-state index in [0.29, 0.717) is 30.3 Å². The molecule has 0 spiro atoms. The number of aliphatic hydroxyl groups is 2. The summed E-state index contributed by atoms with van der Waals surface area (Å²) in [6, 6.07) is 0. The van der Waals surface area contributed by atoms with Crippen LogP contribution >= 0.6 is 0 Å². The van der Waals surface area contributed by atoms with E-state index < -0.39 is 5.60 Å². The van der Waals surface area contributed by atoms with Gasteiger partial charge >= 0.3 is 0 Å². The van der Waals surface area contributed by atoms with Gasteiger partial charge in [0, 0.05) is 50.0 Å². The van der Waals surface area contributed by atoms with Gasteiger partial charge < -0.3 is 14.9 Å². The molecule has 1 saturated heterocycles. The van der Waals surface area contributed by atoms with Gasteiger partial charge in [-0.1, -0.05) is 61.0 Å². The molecule has 2 saturated carbocycles. The Balaban J connectivity index is 0.00000240. The summed E-state index contributed by atoms with van der Waals surface area (Å²) in [5.41, 5.74) is 1.89. The summed E-state index contributed by atoms with van der Waals surface area (Å²) in [6.45, 7) is 21.8. The van der Waals surface area contributed by atoms with Gasteiger partial charge in [0.15, 0.2) is 0 Å². The van der Waals surface area contributed by atoms with Crippen molar-refractivity contribution < 1.29 is 59.0 Å². The first-order chi connectivity index (χ1) is 12.7. The Morgan fingerprint density at radius 2 is 1.59 bits per heavy atom. The molecule has 2 N–H and O–H groups in total. The van der Waals surface area contributed by atoms with E-state index in [4.69, 9.17) is 4.74 Å². The van der Waals surface area contributed by atoms with E-state index in [1.165, 1.54) is 11.1 Å². The normalized spacial score (nSPS) is 56.2. The fraction of sp³-hybridized carbons (Fsp3) is 0.920. The number of rotatable bonds is 0. The summed E-state index contributed by atoms with van der Waals surface area (Å²) in [4.78, 5) is 0. The van der Waals surface area contributed by atoms with Crippen LogP contribution in [0.5, 0.6) is 0 Å². The minimum Gasteiger partial charge on any atom is -0.389 e. The van der Waals surface area contributed by atoms with Crippen molar-refractivity contribution in [3.8, 4) is 0 Å². The molecule has 1 aliphatic heterocycles. The van der Waals surface area contributed by atoms with Crippen LogP contribution in [0, 0.1) is 89.9 Å². The SMILES string of the molecule is CC1=C2C(C)C(C)[C@]3(C)C(C)CC4OCC4(O)C3C(C)C(C)(CC1O)C2(C)C.[Ac]. The second-order valence-electron chi connectivity index (χ2n) is 12.0. The summed E-state index contributed by atoms with van der Waals surface area (Å²) in [5, 5.41) is 23.0. The molecule has 4 rings (SSSR count). The van der Waals surface area contributed by atoms with Crippen LogP contribution in [0.2, 0.25) is 0 Å². The van der Waals surface area contributed by atoms with Crippen LogP contribution in [0.25, 0.3) is 0 Å². The van der Waals surface area contributed by atoms with E-state index in [-0.39, 0.29) is 78.4 Å². The molecule has 1 radical (unpaired) electrons. The van der Waals surface area contributed by atoms with E-state index in [2.05, 4.69) is 62.3 Å². The first-order valence-electron chi connectivity index (χ1n) is 11.5. The van der Waals surface area contributed by atoms with Crippen LogP contribution in [-0.2, 0) is 4.74 Å². The van der Waals surface area contributed by atoms with Gasteiger partial charge in [-0.15, -0.1) is 0 Å². The molecule has 4 heteroatoms. The predicted octanol–water partition coefficient (Wildman–Crippen LogP) is 4.81. The Morgan fingerprint density at radius 3 is 2.10 bits per heavy atom. The quantitative estimate of drug-likeness (QED) is 0.384. The molecule has 1 heterocycles. The zero-order valence-corrected chi connectivity index (χ0v) is 24.8. The molecule has 4 aliphatic rings. The van der Waals surface area contributed by atoms with Gasteiger partial charge in [-0.05, 0) is 65.3 Å². The average molecular weight is 618 g/mol. The van der Waals surface area contributed by atoms with Crippen molar-refractivity contribution in [3.05, 3.63) is 11.1 Å². The molecule has 9 unspecified atom stereocenters. The molecule has 163 valence electrons. The zero-order chi connectivity index (χ0) is 21.0. The Kier molecular flexibility index (Phi) is 6.20.